The molecule has 0 aliphatic carbocycles. The lowest BCUT2D eigenvalue weighted by Gasteiger charge is -1.99. The average Bonchev–Trinajstić information content (AvgIpc) is 2.87. The van der Waals surface area contributed by atoms with Gasteiger partial charge in [-0.2, -0.15) is 0 Å². The Morgan fingerprint density at radius 1 is 1.40 bits per heavy atom. The summed E-state index contributed by atoms with van der Waals surface area (Å²) < 4.78 is 10.6. The maximum absolute atomic E-state index is 11.8. The van der Waals surface area contributed by atoms with Gasteiger partial charge in [0, 0.05) is 12.1 Å². The van der Waals surface area contributed by atoms with Gasteiger partial charge in [0.1, 0.15) is 11.5 Å². The minimum absolute atomic E-state index is 0.117. The largest absolute Gasteiger partial charge is 0.497 e. The molecule has 0 radical (unpaired) electrons. The Balaban J connectivity index is 2.23. The highest BCUT2D eigenvalue weighted by atomic mass is 16.5. The lowest BCUT2D eigenvalue weighted by atomic mass is 10.2. The van der Waals surface area contributed by atoms with Crippen molar-refractivity contribution in [1.29, 1.82) is 0 Å². The molecule has 2 rings (SSSR count). The third kappa shape index (κ3) is 2.97. The van der Waals surface area contributed by atoms with Crippen LogP contribution in [-0.2, 0) is 0 Å². The van der Waals surface area contributed by atoms with E-state index in [0.29, 0.717) is 11.7 Å². The number of aliphatic hydroxyl groups excluding tert-OH is 1. The van der Waals surface area contributed by atoms with E-state index in [9.17, 15) is 4.79 Å². The molecule has 0 unspecified atom stereocenters. The number of nitrogens with zero attached hydrogens (tertiary/aromatic N) is 1. The van der Waals surface area contributed by atoms with E-state index in [1.54, 1.807) is 38.3 Å². The van der Waals surface area contributed by atoms with Gasteiger partial charge >= 0.3 is 0 Å². The number of carbonyl (C=O) groups excluding carboxylic acids is 1. The van der Waals surface area contributed by atoms with Crippen LogP contribution in [0.2, 0.25) is 0 Å². The molecule has 0 spiro atoms. The molecule has 0 aliphatic heterocycles. The summed E-state index contributed by atoms with van der Waals surface area (Å²) in [5, 5.41) is 11.2. The van der Waals surface area contributed by atoms with Crippen LogP contribution in [0.4, 0.5) is 0 Å². The summed E-state index contributed by atoms with van der Waals surface area (Å²) in [5.41, 5.74) is 0.986. The number of hydrogen-bond acceptors (Lipinski definition) is 5. The van der Waals surface area contributed by atoms with Gasteiger partial charge < -0.3 is 19.6 Å². The fourth-order valence-corrected chi connectivity index (χ4v) is 1.72. The van der Waals surface area contributed by atoms with Crippen LogP contribution in [0.15, 0.2) is 28.7 Å². The molecule has 106 valence electrons. The quantitative estimate of drug-likeness (QED) is 0.861. The molecule has 1 amide bonds. The van der Waals surface area contributed by atoms with E-state index in [2.05, 4.69) is 10.3 Å². The zero-order valence-corrected chi connectivity index (χ0v) is 11.3. The number of aliphatic hydroxyl groups is 1. The molecule has 6 heteroatoms. The van der Waals surface area contributed by atoms with Crippen LogP contribution in [0.1, 0.15) is 16.2 Å². The summed E-state index contributed by atoms with van der Waals surface area (Å²) in [6.45, 7) is 1.74. The second-order valence-electron chi connectivity index (χ2n) is 4.13. The molecule has 0 saturated heterocycles. The number of aryl methyl sites for hydroxylation is 1. The minimum atomic E-state index is -0.361. The summed E-state index contributed by atoms with van der Waals surface area (Å²) in [7, 11) is 1.59. The van der Waals surface area contributed by atoms with Gasteiger partial charge in [0.25, 0.3) is 5.91 Å². The van der Waals surface area contributed by atoms with Gasteiger partial charge in [0.2, 0.25) is 5.89 Å². The lowest BCUT2D eigenvalue weighted by Crippen LogP contribution is -2.27. The van der Waals surface area contributed by atoms with Crippen LogP contribution in [0.5, 0.6) is 5.75 Å². The molecule has 1 aromatic carbocycles. The summed E-state index contributed by atoms with van der Waals surface area (Å²) in [6, 6.07) is 7.19. The predicted molar refractivity (Wildman–Crippen MR) is 72.6 cm³/mol. The van der Waals surface area contributed by atoms with Gasteiger partial charge in [0.05, 0.1) is 13.7 Å². The fourth-order valence-electron chi connectivity index (χ4n) is 1.72. The second-order valence-corrected chi connectivity index (χ2v) is 4.13. The highest BCUT2D eigenvalue weighted by molar-refractivity contribution is 5.93. The van der Waals surface area contributed by atoms with Gasteiger partial charge in [0.15, 0.2) is 5.69 Å². The van der Waals surface area contributed by atoms with Crippen LogP contribution in [0.3, 0.4) is 0 Å². The number of rotatable bonds is 5. The Hall–Kier alpha value is -2.34. The maximum atomic E-state index is 11.8. The average molecular weight is 276 g/mol. The Labute approximate surface area is 116 Å². The van der Waals surface area contributed by atoms with Crippen molar-refractivity contribution in [3.63, 3.8) is 0 Å². The molecule has 2 N–H and O–H groups in total. The molecule has 1 aromatic heterocycles. The van der Waals surface area contributed by atoms with Crippen LogP contribution in [0.25, 0.3) is 11.5 Å². The molecule has 20 heavy (non-hydrogen) atoms. The van der Waals surface area contributed by atoms with Crippen molar-refractivity contribution in [2.45, 2.75) is 6.92 Å². The van der Waals surface area contributed by atoms with E-state index in [1.807, 2.05) is 0 Å². The second kappa shape index (κ2) is 6.21. The van der Waals surface area contributed by atoms with Gasteiger partial charge in [-0.15, -0.1) is 0 Å². The molecular formula is C14H16N2O4. The third-order valence-electron chi connectivity index (χ3n) is 2.75. The topological polar surface area (TPSA) is 84.6 Å². The zero-order valence-electron chi connectivity index (χ0n) is 11.3. The van der Waals surface area contributed by atoms with Gasteiger partial charge in [-0.25, -0.2) is 4.98 Å². The van der Waals surface area contributed by atoms with E-state index < -0.39 is 0 Å². The van der Waals surface area contributed by atoms with E-state index in [4.69, 9.17) is 14.3 Å². The van der Waals surface area contributed by atoms with E-state index in [1.165, 1.54) is 0 Å². The van der Waals surface area contributed by atoms with Crippen molar-refractivity contribution in [2.75, 3.05) is 20.3 Å². The third-order valence-corrected chi connectivity index (χ3v) is 2.75. The zero-order chi connectivity index (χ0) is 14.5. The summed E-state index contributed by atoms with van der Waals surface area (Å²) >= 11 is 0. The van der Waals surface area contributed by atoms with E-state index >= 15 is 0 Å². The van der Waals surface area contributed by atoms with Gasteiger partial charge in [-0.1, -0.05) is 0 Å². The number of hydrogen-bond donors (Lipinski definition) is 2. The number of oxazole rings is 1. The number of benzene rings is 1. The first-order valence-electron chi connectivity index (χ1n) is 6.16. The Morgan fingerprint density at radius 3 is 2.70 bits per heavy atom. The molecule has 0 bridgehead atoms. The maximum Gasteiger partial charge on any atom is 0.273 e. The highest BCUT2D eigenvalue weighted by Crippen LogP contribution is 2.23. The van der Waals surface area contributed by atoms with Crippen molar-refractivity contribution >= 4 is 5.91 Å². The van der Waals surface area contributed by atoms with E-state index in [0.717, 1.165) is 11.3 Å². The van der Waals surface area contributed by atoms with Crippen LogP contribution >= 0.6 is 0 Å². The number of ether oxygens (including phenoxy) is 1. The molecule has 0 fully saturated rings. The van der Waals surface area contributed by atoms with Crippen molar-refractivity contribution in [1.82, 2.24) is 10.3 Å². The lowest BCUT2D eigenvalue weighted by molar-refractivity contribution is 0.0939. The molecule has 6 nitrogen and oxygen atoms in total. The van der Waals surface area contributed by atoms with Crippen molar-refractivity contribution in [3.8, 4) is 17.2 Å². The van der Waals surface area contributed by atoms with Crippen molar-refractivity contribution in [3.05, 3.63) is 35.7 Å². The first-order chi connectivity index (χ1) is 9.65. The highest BCUT2D eigenvalue weighted by Gasteiger charge is 2.17. The van der Waals surface area contributed by atoms with Crippen LogP contribution < -0.4 is 10.1 Å². The predicted octanol–water partition coefficient (Wildman–Crippen LogP) is 1.38. The van der Waals surface area contributed by atoms with Crippen molar-refractivity contribution in [2.24, 2.45) is 0 Å². The summed E-state index contributed by atoms with van der Waals surface area (Å²) in [5.74, 6) is 1.18. The summed E-state index contributed by atoms with van der Waals surface area (Å²) in [6.07, 6.45) is 0. The SMILES string of the molecule is COc1ccc(-c2nc(C(=O)NCCO)c(C)o2)cc1. The number of carbonyl (C=O) groups is 1. The normalized spacial score (nSPS) is 10.3. The summed E-state index contributed by atoms with van der Waals surface area (Å²) in [4.78, 5) is 16.0. The van der Waals surface area contributed by atoms with Crippen molar-refractivity contribution < 1.29 is 19.1 Å². The van der Waals surface area contributed by atoms with Gasteiger partial charge in [-0.05, 0) is 31.2 Å². The van der Waals surface area contributed by atoms with Gasteiger partial charge in [-0.3, -0.25) is 4.79 Å². The molecular weight excluding hydrogens is 260 g/mol. The molecule has 1 heterocycles. The Kier molecular flexibility index (Phi) is 4.37. The number of aromatic nitrogens is 1. The molecule has 0 aliphatic rings. The fraction of sp³-hybridized carbons (Fsp3) is 0.286. The smallest absolute Gasteiger partial charge is 0.273 e. The van der Waals surface area contributed by atoms with Crippen LogP contribution in [0, 0.1) is 6.92 Å². The first-order valence-corrected chi connectivity index (χ1v) is 6.16. The molecule has 0 saturated carbocycles. The number of methoxy groups -OCH3 is 1. The van der Waals surface area contributed by atoms with E-state index in [-0.39, 0.29) is 24.8 Å². The Morgan fingerprint density at radius 2 is 2.10 bits per heavy atom. The Bertz CT molecular complexity index is 590. The number of nitrogens with one attached hydrogen (secondary N) is 1. The molecule has 0 atom stereocenters. The molecule has 2 aromatic rings. The number of amides is 1. The first kappa shape index (κ1) is 14.1. The monoisotopic (exact) mass is 276 g/mol. The standard InChI is InChI=1S/C14H16N2O4/c1-9-12(13(18)15-7-8-17)16-14(20-9)10-3-5-11(19-2)6-4-10/h3-6,17H,7-8H2,1-2H3,(H,15,18). The van der Waals surface area contributed by atoms with Crippen LogP contribution in [-0.4, -0.2) is 36.3 Å². The minimum Gasteiger partial charge on any atom is -0.497 e.